The van der Waals surface area contributed by atoms with Crippen molar-refractivity contribution < 1.29 is 19.1 Å². The molecule has 0 saturated carbocycles. The molecule has 2 atom stereocenters. The largest absolute Gasteiger partial charge is 0.469 e. The number of nitrogens with zero attached hydrogens (tertiary/aromatic N) is 3. The van der Waals surface area contributed by atoms with Gasteiger partial charge < -0.3 is 9.47 Å². The van der Waals surface area contributed by atoms with Crippen LogP contribution in [0.25, 0.3) is 0 Å². The summed E-state index contributed by atoms with van der Waals surface area (Å²) in [6, 6.07) is 9.40. The molecule has 0 aromatic heterocycles. The van der Waals surface area contributed by atoms with Crippen molar-refractivity contribution in [1.29, 1.82) is 0 Å². The van der Waals surface area contributed by atoms with E-state index in [2.05, 4.69) is 0 Å². The van der Waals surface area contributed by atoms with Gasteiger partial charge in [0.2, 0.25) is 0 Å². The first-order chi connectivity index (χ1) is 12.1. The van der Waals surface area contributed by atoms with E-state index < -0.39 is 29.7 Å². The van der Waals surface area contributed by atoms with Crippen LogP contribution in [0, 0.1) is 5.92 Å². The molecule has 1 heterocycles. The number of esters is 1. The van der Waals surface area contributed by atoms with Gasteiger partial charge in [0.05, 0.1) is 7.11 Å². The van der Waals surface area contributed by atoms with Crippen LogP contribution < -0.4 is 0 Å². The van der Waals surface area contributed by atoms with Crippen molar-refractivity contribution in [1.82, 2.24) is 9.80 Å². The molecule has 1 aliphatic heterocycles. The third kappa shape index (κ3) is 4.60. The van der Waals surface area contributed by atoms with Crippen molar-refractivity contribution in [2.45, 2.75) is 32.5 Å². The van der Waals surface area contributed by atoms with Crippen LogP contribution in [-0.4, -0.2) is 67.2 Å². The van der Waals surface area contributed by atoms with Crippen LogP contribution in [0.15, 0.2) is 35.3 Å². The van der Waals surface area contributed by atoms with Gasteiger partial charge in [-0.1, -0.05) is 30.3 Å². The number of hydrogen-bond acceptors (Lipinski definition) is 6. The SMILES string of the molecule is COC(=O)C1CN(C(=O)OC(C)(C)C)C(c2ccccc2)=NC1N(C)C. The molecule has 1 aliphatic rings. The van der Waals surface area contributed by atoms with E-state index in [4.69, 9.17) is 14.5 Å². The zero-order chi connectivity index (χ0) is 19.5. The Morgan fingerprint density at radius 3 is 2.31 bits per heavy atom. The average Bonchev–Trinajstić information content (AvgIpc) is 2.59. The van der Waals surface area contributed by atoms with Gasteiger partial charge in [-0.15, -0.1) is 0 Å². The molecule has 1 aromatic carbocycles. The molecular weight excluding hydrogens is 334 g/mol. The van der Waals surface area contributed by atoms with Gasteiger partial charge in [0.15, 0.2) is 0 Å². The Morgan fingerprint density at radius 1 is 1.19 bits per heavy atom. The molecule has 0 fully saturated rings. The van der Waals surface area contributed by atoms with Crippen molar-refractivity contribution in [2.24, 2.45) is 10.9 Å². The molecular formula is C19H27N3O4. The first-order valence-corrected chi connectivity index (χ1v) is 8.52. The van der Waals surface area contributed by atoms with E-state index in [1.165, 1.54) is 12.0 Å². The molecule has 7 heteroatoms. The van der Waals surface area contributed by atoms with Crippen LogP contribution in [0.3, 0.4) is 0 Å². The Labute approximate surface area is 154 Å². The Balaban J connectivity index is 2.49. The van der Waals surface area contributed by atoms with Crippen LogP contribution in [0.1, 0.15) is 26.3 Å². The van der Waals surface area contributed by atoms with E-state index in [1.807, 2.05) is 49.3 Å². The minimum absolute atomic E-state index is 0.137. The van der Waals surface area contributed by atoms with E-state index in [0.717, 1.165) is 5.56 Å². The maximum atomic E-state index is 12.8. The monoisotopic (exact) mass is 361 g/mol. The highest BCUT2D eigenvalue weighted by Crippen LogP contribution is 2.25. The molecule has 2 rings (SSSR count). The predicted molar refractivity (Wildman–Crippen MR) is 98.9 cm³/mol. The maximum Gasteiger partial charge on any atom is 0.416 e. The highest BCUT2D eigenvalue weighted by Gasteiger charge is 2.41. The molecule has 142 valence electrons. The number of methoxy groups -OCH3 is 1. The van der Waals surface area contributed by atoms with Crippen molar-refractivity contribution in [3.63, 3.8) is 0 Å². The van der Waals surface area contributed by atoms with Gasteiger partial charge in [-0.25, -0.2) is 9.79 Å². The van der Waals surface area contributed by atoms with Crippen molar-refractivity contribution in [3.05, 3.63) is 35.9 Å². The topological polar surface area (TPSA) is 71.4 Å². The van der Waals surface area contributed by atoms with Gasteiger partial charge in [0, 0.05) is 12.1 Å². The summed E-state index contributed by atoms with van der Waals surface area (Å²) in [6.45, 7) is 5.54. The Hall–Kier alpha value is -2.41. The quantitative estimate of drug-likeness (QED) is 0.773. The summed E-state index contributed by atoms with van der Waals surface area (Å²) in [5.74, 6) is -0.526. The zero-order valence-corrected chi connectivity index (χ0v) is 16.2. The van der Waals surface area contributed by atoms with Crippen LogP contribution in [0.2, 0.25) is 0 Å². The summed E-state index contributed by atoms with van der Waals surface area (Å²) < 4.78 is 10.5. The van der Waals surface area contributed by atoms with E-state index in [9.17, 15) is 9.59 Å². The number of hydrogen-bond donors (Lipinski definition) is 0. The summed E-state index contributed by atoms with van der Waals surface area (Å²) in [7, 11) is 5.02. The highest BCUT2D eigenvalue weighted by atomic mass is 16.6. The average molecular weight is 361 g/mol. The number of amides is 1. The third-order valence-electron chi connectivity index (χ3n) is 3.93. The second-order valence-corrected chi connectivity index (χ2v) is 7.42. The van der Waals surface area contributed by atoms with Crippen LogP contribution in [-0.2, 0) is 14.3 Å². The van der Waals surface area contributed by atoms with Gasteiger partial charge in [0.1, 0.15) is 23.5 Å². The summed E-state index contributed by atoms with van der Waals surface area (Å²) in [4.78, 5) is 33.0. The second-order valence-electron chi connectivity index (χ2n) is 7.42. The maximum absolute atomic E-state index is 12.8. The van der Waals surface area contributed by atoms with Crippen LogP contribution in [0.5, 0.6) is 0 Å². The standard InChI is InChI=1S/C19H27N3O4/c1-19(2,3)26-18(24)22-12-14(17(23)25-6)16(21(4)5)20-15(22)13-10-8-7-9-11-13/h7-11,14,16H,12H2,1-6H3. The molecule has 1 aromatic rings. The number of carbonyl (C=O) groups is 2. The van der Waals surface area contributed by atoms with E-state index >= 15 is 0 Å². The number of carbonyl (C=O) groups excluding carboxylic acids is 2. The van der Waals surface area contributed by atoms with Gasteiger partial charge in [0.25, 0.3) is 0 Å². The highest BCUT2D eigenvalue weighted by molar-refractivity contribution is 6.07. The lowest BCUT2D eigenvalue weighted by atomic mass is 10.0. The van der Waals surface area contributed by atoms with Crippen molar-refractivity contribution in [3.8, 4) is 0 Å². The van der Waals surface area contributed by atoms with Gasteiger partial charge in [-0.05, 0) is 34.9 Å². The second kappa shape index (κ2) is 7.86. The Kier molecular flexibility index (Phi) is 6.02. The lowest BCUT2D eigenvalue weighted by Gasteiger charge is -2.38. The lowest BCUT2D eigenvalue weighted by Crippen LogP contribution is -2.54. The van der Waals surface area contributed by atoms with Crippen LogP contribution >= 0.6 is 0 Å². The van der Waals surface area contributed by atoms with Crippen molar-refractivity contribution >= 4 is 17.9 Å². The van der Waals surface area contributed by atoms with Gasteiger partial charge in [-0.2, -0.15) is 0 Å². The summed E-state index contributed by atoms with van der Waals surface area (Å²) >= 11 is 0. The van der Waals surface area contributed by atoms with E-state index in [0.29, 0.717) is 5.84 Å². The number of ether oxygens (including phenoxy) is 2. The van der Waals surface area contributed by atoms with Crippen LogP contribution in [0.4, 0.5) is 4.79 Å². The number of rotatable bonds is 3. The molecule has 7 nitrogen and oxygen atoms in total. The Morgan fingerprint density at radius 2 is 1.81 bits per heavy atom. The minimum Gasteiger partial charge on any atom is -0.469 e. The molecule has 0 spiro atoms. The summed E-state index contributed by atoms with van der Waals surface area (Å²) in [5.41, 5.74) is 0.131. The third-order valence-corrected chi connectivity index (χ3v) is 3.93. The number of amidine groups is 1. The minimum atomic E-state index is -0.655. The number of benzene rings is 1. The molecule has 0 saturated heterocycles. The van der Waals surface area contributed by atoms with E-state index in [-0.39, 0.29) is 6.54 Å². The molecule has 2 unspecified atom stereocenters. The fourth-order valence-electron chi connectivity index (χ4n) is 2.78. The first kappa shape index (κ1) is 19.9. The van der Waals surface area contributed by atoms with Crippen molar-refractivity contribution in [2.75, 3.05) is 27.7 Å². The molecule has 0 aliphatic carbocycles. The van der Waals surface area contributed by atoms with E-state index in [1.54, 1.807) is 20.8 Å². The fraction of sp³-hybridized carbons (Fsp3) is 0.526. The lowest BCUT2D eigenvalue weighted by molar-refractivity contribution is -0.148. The molecule has 0 radical (unpaired) electrons. The molecule has 0 N–H and O–H groups in total. The molecule has 1 amide bonds. The molecule has 26 heavy (non-hydrogen) atoms. The normalized spacial score (nSPS) is 20.6. The zero-order valence-electron chi connectivity index (χ0n) is 16.2. The summed E-state index contributed by atoms with van der Waals surface area (Å²) in [6.07, 6.45) is -0.970. The fourth-order valence-corrected chi connectivity index (χ4v) is 2.78. The first-order valence-electron chi connectivity index (χ1n) is 8.52. The number of aliphatic imine (C=N–C) groups is 1. The molecule has 0 bridgehead atoms. The smallest absolute Gasteiger partial charge is 0.416 e. The summed E-state index contributed by atoms with van der Waals surface area (Å²) in [5, 5.41) is 0. The van der Waals surface area contributed by atoms with Gasteiger partial charge >= 0.3 is 12.1 Å². The predicted octanol–water partition coefficient (Wildman–Crippen LogP) is 2.36. The Bertz CT molecular complexity index is 680. The van der Waals surface area contributed by atoms with Gasteiger partial charge in [-0.3, -0.25) is 14.6 Å².